The van der Waals surface area contributed by atoms with Crippen LogP contribution >= 0.6 is 11.6 Å². The highest BCUT2D eigenvalue weighted by Gasteiger charge is 2.27. The lowest BCUT2D eigenvalue weighted by Gasteiger charge is -2.23. The summed E-state index contributed by atoms with van der Waals surface area (Å²) in [7, 11) is 0. The Balaban J connectivity index is 2.47. The maximum atomic E-state index is 11.5. The minimum absolute atomic E-state index is 0.170. The third-order valence-corrected chi connectivity index (χ3v) is 2.72. The number of rotatable bonds is 2. The van der Waals surface area contributed by atoms with Gasteiger partial charge in [0.25, 0.3) is 0 Å². The van der Waals surface area contributed by atoms with Crippen LogP contribution in [0.2, 0.25) is 0 Å². The third-order valence-electron chi connectivity index (χ3n) is 2.48. The monoisotopic (exact) mass is 218 g/mol. The number of imide groups is 1. The van der Waals surface area contributed by atoms with Gasteiger partial charge in [-0.25, -0.2) is 4.79 Å². The summed E-state index contributed by atoms with van der Waals surface area (Å²) in [5.74, 6) is -0.602. The fraction of sp³-hybridized carbons (Fsp3) is 0.778. The van der Waals surface area contributed by atoms with E-state index in [-0.39, 0.29) is 18.0 Å². The maximum Gasteiger partial charge on any atom is 0.324 e. The molecule has 0 aliphatic carbocycles. The van der Waals surface area contributed by atoms with Gasteiger partial charge in [0.05, 0.1) is 0 Å². The summed E-state index contributed by atoms with van der Waals surface area (Å²) in [6.07, 6.45) is 2.97. The predicted octanol–water partition coefficient (Wildman–Crippen LogP) is 1.34. The van der Waals surface area contributed by atoms with Gasteiger partial charge in [0, 0.05) is 12.6 Å². The zero-order valence-corrected chi connectivity index (χ0v) is 9.01. The number of hydrogen-bond donors (Lipinski definition) is 1. The molecule has 1 unspecified atom stereocenters. The van der Waals surface area contributed by atoms with Crippen molar-refractivity contribution in [2.24, 2.45) is 0 Å². The average molecular weight is 219 g/mol. The van der Waals surface area contributed by atoms with Gasteiger partial charge in [-0.1, -0.05) is 6.92 Å². The van der Waals surface area contributed by atoms with Crippen molar-refractivity contribution in [2.75, 3.05) is 12.4 Å². The maximum absolute atomic E-state index is 11.5. The lowest BCUT2D eigenvalue weighted by atomic mass is 10.2. The van der Waals surface area contributed by atoms with Crippen LogP contribution in [0, 0.1) is 0 Å². The number of halogens is 1. The van der Waals surface area contributed by atoms with Gasteiger partial charge >= 0.3 is 6.03 Å². The van der Waals surface area contributed by atoms with E-state index in [0.717, 1.165) is 25.8 Å². The van der Waals surface area contributed by atoms with Gasteiger partial charge in [-0.2, -0.15) is 0 Å². The summed E-state index contributed by atoms with van der Waals surface area (Å²) >= 11 is 5.29. The van der Waals surface area contributed by atoms with Crippen LogP contribution in [0.1, 0.15) is 26.2 Å². The van der Waals surface area contributed by atoms with E-state index < -0.39 is 5.91 Å². The van der Waals surface area contributed by atoms with Crippen LogP contribution in [0.5, 0.6) is 0 Å². The number of hydrogen-bond acceptors (Lipinski definition) is 2. The SMILES string of the molecule is CCC1CCCN1C(=O)NC(=O)CCl. The summed E-state index contributed by atoms with van der Waals surface area (Å²) in [5.41, 5.74) is 0. The third kappa shape index (κ3) is 2.61. The van der Waals surface area contributed by atoms with Crippen molar-refractivity contribution in [3.8, 4) is 0 Å². The Morgan fingerprint density at radius 2 is 2.29 bits per heavy atom. The first-order valence-corrected chi connectivity index (χ1v) is 5.39. The lowest BCUT2D eigenvalue weighted by molar-refractivity contribution is -0.117. The normalized spacial score (nSPS) is 21.0. The number of amides is 3. The van der Waals surface area contributed by atoms with E-state index in [4.69, 9.17) is 11.6 Å². The molecule has 5 heteroatoms. The minimum Gasteiger partial charge on any atom is -0.321 e. The Hall–Kier alpha value is -0.770. The van der Waals surface area contributed by atoms with E-state index in [0.29, 0.717) is 0 Å². The average Bonchev–Trinajstić information content (AvgIpc) is 2.65. The quantitative estimate of drug-likeness (QED) is 0.711. The highest BCUT2D eigenvalue weighted by Crippen LogP contribution is 2.19. The molecule has 0 saturated carbocycles. The van der Waals surface area contributed by atoms with Crippen LogP contribution in [0.3, 0.4) is 0 Å². The Morgan fingerprint density at radius 1 is 1.57 bits per heavy atom. The zero-order chi connectivity index (χ0) is 10.6. The molecule has 4 nitrogen and oxygen atoms in total. The largest absolute Gasteiger partial charge is 0.324 e. The summed E-state index contributed by atoms with van der Waals surface area (Å²) in [6, 6.07) is -0.0295. The standard InChI is InChI=1S/C9H15ClN2O2/c1-2-7-4-3-5-12(7)9(14)11-8(13)6-10/h7H,2-6H2,1H3,(H,11,13,14). The summed E-state index contributed by atoms with van der Waals surface area (Å²) in [4.78, 5) is 24.1. The molecule has 0 spiro atoms. The van der Waals surface area contributed by atoms with Crippen molar-refractivity contribution >= 4 is 23.5 Å². The first-order chi connectivity index (χ1) is 6.69. The molecule has 1 N–H and O–H groups in total. The van der Waals surface area contributed by atoms with Gasteiger partial charge in [-0.05, 0) is 19.3 Å². The van der Waals surface area contributed by atoms with Crippen molar-refractivity contribution in [3.63, 3.8) is 0 Å². The van der Waals surface area contributed by atoms with Crippen molar-refractivity contribution in [2.45, 2.75) is 32.2 Å². The second-order valence-electron chi connectivity index (χ2n) is 3.38. The highest BCUT2D eigenvalue weighted by molar-refractivity contribution is 6.28. The van der Waals surface area contributed by atoms with Crippen molar-refractivity contribution < 1.29 is 9.59 Å². The number of carbonyl (C=O) groups excluding carboxylic acids is 2. The van der Waals surface area contributed by atoms with E-state index >= 15 is 0 Å². The molecule has 0 aromatic rings. The van der Waals surface area contributed by atoms with Crippen LogP contribution in [0.4, 0.5) is 4.79 Å². The van der Waals surface area contributed by atoms with Gasteiger partial charge in [0.15, 0.2) is 0 Å². The molecule has 1 aliphatic rings. The molecule has 1 rings (SSSR count). The van der Waals surface area contributed by atoms with Crippen LogP contribution in [-0.4, -0.2) is 35.3 Å². The predicted molar refractivity (Wildman–Crippen MR) is 54.3 cm³/mol. The second-order valence-corrected chi connectivity index (χ2v) is 3.65. The summed E-state index contributed by atoms with van der Waals surface area (Å²) in [5, 5.41) is 2.25. The van der Waals surface area contributed by atoms with Crippen LogP contribution < -0.4 is 5.32 Å². The molecule has 0 aromatic heterocycles. The molecule has 1 aliphatic heterocycles. The number of alkyl halides is 1. The van der Waals surface area contributed by atoms with Crippen LogP contribution in [0.25, 0.3) is 0 Å². The molecule has 1 heterocycles. The Morgan fingerprint density at radius 3 is 2.86 bits per heavy atom. The van der Waals surface area contributed by atoms with Gasteiger partial charge in [-0.15, -0.1) is 11.6 Å². The van der Waals surface area contributed by atoms with Crippen LogP contribution in [0.15, 0.2) is 0 Å². The van der Waals surface area contributed by atoms with E-state index in [2.05, 4.69) is 5.32 Å². The lowest BCUT2D eigenvalue weighted by Crippen LogP contribution is -2.45. The van der Waals surface area contributed by atoms with Gasteiger partial charge in [-0.3, -0.25) is 10.1 Å². The molecular formula is C9H15ClN2O2. The topological polar surface area (TPSA) is 49.4 Å². The fourth-order valence-electron chi connectivity index (χ4n) is 1.75. The van der Waals surface area contributed by atoms with Gasteiger partial charge < -0.3 is 4.90 Å². The molecule has 1 atom stereocenters. The molecule has 80 valence electrons. The van der Waals surface area contributed by atoms with E-state index in [1.165, 1.54) is 0 Å². The molecule has 1 saturated heterocycles. The van der Waals surface area contributed by atoms with Crippen molar-refractivity contribution in [1.82, 2.24) is 10.2 Å². The summed E-state index contributed by atoms with van der Waals surface area (Å²) in [6.45, 7) is 2.78. The Bertz CT molecular complexity index is 233. The molecule has 1 fully saturated rings. The Kier molecular flexibility index (Phi) is 4.20. The number of likely N-dealkylation sites (tertiary alicyclic amines) is 1. The van der Waals surface area contributed by atoms with E-state index in [1.54, 1.807) is 4.90 Å². The minimum atomic E-state index is -0.432. The molecular weight excluding hydrogens is 204 g/mol. The Labute approximate surface area is 88.6 Å². The molecule has 0 aromatic carbocycles. The number of nitrogens with one attached hydrogen (secondary N) is 1. The second kappa shape index (κ2) is 5.20. The molecule has 0 bridgehead atoms. The smallest absolute Gasteiger partial charge is 0.321 e. The first-order valence-electron chi connectivity index (χ1n) is 4.85. The highest BCUT2D eigenvalue weighted by atomic mass is 35.5. The van der Waals surface area contributed by atoms with Gasteiger partial charge in [0.2, 0.25) is 5.91 Å². The van der Waals surface area contributed by atoms with Gasteiger partial charge in [0.1, 0.15) is 5.88 Å². The summed E-state index contributed by atoms with van der Waals surface area (Å²) < 4.78 is 0. The zero-order valence-electron chi connectivity index (χ0n) is 8.25. The molecule has 14 heavy (non-hydrogen) atoms. The molecule has 3 amide bonds. The number of carbonyl (C=O) groups is 2. The molecule has 0 radical (unpaired) electrons. The number of nitrogens with zero attached hydrogens (tertiary/aromatic N) is 1. The van der Waals surface area contributed by atoms with Crippen LogP contribution in [-0.2, 0) is 4.79 Å². The van der Waals surface area contributed by atoms with E-state index in [1.807, 2.05) is 6.92 Å². The van der Waals surface area contributed by atoms with E-state index in [9.17, 15) is 9.59 Å². The van der Waals surface area contributed by atoms with Crippen molar-refractivity contribution in [3.05, 3.63) is 0 Å². The van der Waals surface area contributed by atoms with Crippen molar-refractivity contribution in [1.29, 1.82) is 0 Å². The fourth-order valence-corrected chi connectivity index (χ4v) is 1.82. The first kappa shape index (κ1) is 11.3. The number of urea groups is 1.